The minimum Gasteiger partial charge on any atom is -0.350 e. The quantitative estimate of drug-likeness (QED) is 0.329. The predicted molar refractivity (Wildman–Crippen MR) is 156 cm³/mol. The molecular formula is C30H35ClFN3O4S. The van der Waals surface area contributed by atoms with Gasteiger partial charge in [-0.25, -0.2) is 12.8 Å². The van der Waals surface area contributed by atoms with Crippen molar-refractivity contribution in [1.29, 1.82) is 0 Å². The highest BCUT2D eigenvalue weighted by atomic mass is 35.5. The third kappa shape index (κ3) is 7.82. The number of sulfonamides is 1. The van der Waals surface area contributed by atoms with Crippen molar-refractivity contribution in [2.24, 2.45) is 0 Å². The van der Waals surface area contributed by atoms with E-state index in [1.165, 1.54) is 53.4 Å². The van der Waals surface area contributed by atoms with E-state index in [0.717, 1.165) is 4.31 Å². The Morgan fingerprint density at radius 2 is 1.57 bits per heavy atom. The Bertz CT molecular complexity index is 1440. The van der Waals surface area contributed by atoms with E-state index >= 15 is 0 Å². The van der Waals surface area contributed by atoms with Gasteiger partial charge in [-0.05, 0) is 87.7 Å². The summed E-state index contributed by atoms with van der Waals surface area (Å²) in [6, 6.07) is 17.3. The molecule has 0 spiro atoms. The Kier molecular flexibility index (Phi) is 9.97. The highest BCUT2D eigenvalue weighted by Crippen LogP contribution is 2.28. The molecule has 7 nitrogen and oxygen atoms in total. The monoisotopic (exact) mass is 587 g/mol. The van der Waals surface area contributed by atoms with Gasteiger partial charge >= 0.3 is 0 Å². The molecule has 0 aromatic heterocycles. The van der Waals surface area contributed by atoms with Gasteiger partial charge in [0.25, 0.3) is 10.0 Å². The second-order valence-electron chi connectivity index (χ2n) is 10.6. The first-order valence-corrected chi connectivity index (χ1v) is 14.7. The number of carbonyl (C=O) groups is 2. The molecule has 3 aromatic carbocycles. The van der Waals surface area contributed by atoms with Gasteiger partial charge in [0, 0.05) is 17.1 Å². The number of benzene rings is 3. The molecule has 0 radical (unpaired) electrons. The third-order valence-electron chi connectivity index (χ3n) is 6.21. The van der Waals surface area contributed by atoms with E-state index in [9.17, 15) is 22.4 Å². The lowest BCUT2D eigenvalue weighted by atomic mass is 10.1. The zero-order valence-corrected chi connectivity index (χ0v) is 24.9. The van der Waals surface area contributed by atoms with Crippen LogP contribution in [0.3, 0.4) is 0 Å². The highest BCUT2D eigenvalue weighted by Gasteiger charge is 2.35. The van der Waals surface area contributed by atoms with Crippen molar-refractivity contribution in [3.05, 3.63) is 94.8 Å². The van der Waals surface area contributed by atoms with Crippen molar-refractivity contribution in [1.82, 2.24) is 10.2 Å². The Hall–Kier alpha value is -3.43. The van der Waals surface area contributed by atoms with Crippen LogP contribution in [0.2, 0.25) is 5.02 Å². The van der Waals surface area contributed by atoms with Gasteiger partial charge in [-0.3, -0.25) is 13.9 Å². The van der Waals surface area contributed by atoms with Gasteiger partial charge in [-0.2, -0.15) is 0 Å². The van der Waals surface area contributed by atoms with Gasteiger partial charge in [0.05, 0.1) is 10.6 Å². The first-order valence-electron chi connectivity index (χ1n) is 12.9. The van der Waals surface area contributed by atoms with E-state index < -0.39 is 39.9 Å². The molecule has 0 saturated carbocycles. The molecule has 3 aromatic rings. The molecule has 1 N–H and O–H groups in total. The summed E-state index contributed by atoms with van der Waals surface area (Å²) in [7, 11) is -4.20. The Morgan fingerprint density at radius 3 is 2.12 bits per heavy atom. The first kappa shape index (κ1) is 31.1. The zero-order chi connectivity index (χ0) is 29.7. The normalized spacial score (nSPS) is 12.5. The van der Waals surface area contributed by atoms with Crippen LogP contribution in [0.4, 0.5) is 10.1 Å². The lowest BCUT2D eigenvalue weighted by molar-refractivity contribution is -0.141. The number of para-hydroxylation sites is 1. The molecule has 40 heavy (non-hydrogen) atoms. The molecule has 0 bridgehead atoms. The lowest BCUT2D eigenvalue weighted by Crippen LogP contribution is -2.55. The Labute approximate surface area is 241 Å². The predicted octanol–water partition coefficient (Wildman–Crippen LogP) is 5.70. The summed E-state index contributed by atoms with van der Waals surface area (Å²) in [5.74, 6) is -1.38. The SMILES string of the molecule is CC[C@H](C(=O)NC(C)(C)C)N(Cc1ccc(F)cc1)C(=O)CN(c1ccccc1C)S(=O)(=O)c1ccc(Cl)cc1. The summed E-state index contributed by atoms with van der Waals surface area (Å²) in [6.07, 6.45) is 0.281. The van der Waals surface area contributed by atoms with Crippen LogP contribution in [0, 0.1) is 12.7 Å². The fourth-order valence-corrected chi connectivity index (χ4v) is 5.85. The van der Waals surface area contributed by atoms with Crippen LogP contribution in [-0.2, 0) is 26.2 Å². The molecule has 214 valence electrons. The maximum atomic E-state index is 14.1. The minimum atomic E-state index is -4.20. The van der Waals surface area contributed by atoms with Crippen molar-refractivity contribution in [3.8, 4) is 0 Å². The van der Waals surface area contributed by atoms with Gasteiger partial charge in [0.15, 0.2) is 0 Å². The lowest BCUT2D eigenvalue weighted by Gasteiger charge is -2.35. The summed E-state index contributed by atoms with van der Waals surface area (Å²) in [4.78, 5) is 28.7. The maximum Gasteiger partial charge on any atom is 0.264 e. The van der Waals surface area contributed by atoms with Crippen LogP contribution in [-0.4, -0.2) is 43.3 Å². The summed E-state index contributed by atoms with van der Waals surface area (Å²) >= 11 is 5.99. The van der Waals surface area contributed by atoms with Crippen LogP contribution in [0.15, 0.2) is 77.7 Å². The number of carbonyl (C=O) groups excluding carboxylic acids is 2. The van der Waals surface area contributed by atoms with E-state index in [4.69, 9.17) is 11.6 Å². The minimum absolute atomic E-state index is 0.0161. The molecule has 0 fully saturated rings. The molecule has 0 aliphatic rings. The number of aryl methyl sites for hydroxylation is 1. The first-order chi connectivity index (χ1) is 18.7. The molecule has 0 saturated heterocycles. The van der Waals surface area contributed by atoms with E-state index in [0.29, 0.717) is 21.8 Å². The topological polar surface area (TPSA) is 86.8 Å². The van der Waals surface area contributed by atoms with Crippen molar-refractivity contribution >= 4 is 39.1 Å². The number of hydrogen-bond acceptors (Lipinski definition) is 4. The van der Waals surface area contributed by atoms with Crippen molar-refractivity contribution in [2.75, 3.05) is 10.8 Å². The smallest absolute Gasteiger partial charge is 0.264 e. The number of halogens is 2. The summed E-state index contributed by atoms with van der Waals surface area (Å²) in [5, 5.41) is 3.29. The number of amides is 2. The van der Waals surface area contributed by atoms with Crippen LogP contribution in [0.1, 0.15) is 45.2 Å². The number of nitrogens with zero attached hydrogens (tertiary/aromatic N) is 2. The molecule has 0 aliphatic carbocycles. The van der Waals surface area contributed by atoms with Crippen LogP contribution in [0.25, 0.3) is 0 Å². The van der Waals surface area contributed by atoms with Crippen molar-refractivity contribution in [3.63, 3.8) is 0 Å². The molecular weight excluding hydrogens is 553 g/mol. The highest BCUT2D eigenvalue weighted by molar-refractivity contribution is 7.92. The summed E-state index contributed by atoms with van der Waals surface area (Å²) < 4.78 is 42.5. The van der Waals surface area contributed by atoms with E-state index in [-0.39, 0.29) is 23.8 Å². The van der Waals surface area contributed by atoms with Crippen LogP contribution in [0.5, 0.6) is 0 Å². The van der Waals surface area contributed by atoms with Gasteiger partial charge in [0.2, 0.25) is 11.8 Å². The van der Waals surface area contributed by atoms with Gasteiger partial charge in [-0.1, -0.05) is 48.9 Å². The average Bonchev–Trinajstić information content (AvgIpc) is 2.88. The number of rotatable bonds is 10. The molecule has 10 heteroatoms. The second-order valence-corrected chi connectivity index (χ2v) is 12.9. The van der Waals surface area contributed by atoms with E-state index in [2.05, 4.69) is 5.32 Å². The fourth-order valence-electron chi connectivity index (χ4n) is 4.25. The van der Waals surface area contributed by atoms with Crippen LogP contribution >= 0.6 is 11.6 Å². The van der Waals surface area contributed by atoms with Crippen molar-refractivity contribution in [2.45, 2.75) is 64.1 Å². The fraction of sp³-hybridized carbons (Fsp3) is 0.333. The molecule has 0 aliphatic heterocycles. The number of hydrogen-bond donors (Lipinski definition) is 1. The standard InChI is InChI=1S/C30H35ClFN3O4S/c1-6-26(29(37)33-30(3,4)5)34(19-22-11-15-24(32)16-12-22)28(36)20-35(27-10-8-7-9-21(27)2)40(38,39)25-17-13-23(31)14-18-25/h7-18,26H,6,19-20H2,1-5H3,(H,33,37)/t26-/m1/s1. The number of nitrogens with one attached hydrogen (secondary N) is 1. The van der Waals surface area contributed by atoms with Crippen molar-refractivity contribution < 1.29 is 22.4 Å². The van der Waals surface area contributed by atoms with E-state index in [1.807, 2.05) is 20.8 Å². The molecule has 2 amide bonds. The molecule has 0 heterocycles. The second kappa shape index (κ2) is 12.8. The van der Waals surface area contributed by atoms with Gasteiger partial charge in [-0.15, -0.1) is 0 Å². The molecule has 1 atom stereocenters. The van der Waals surface area contributed by atoms with Gasteiger partial charge < -0.3 is 10.2 Å². The van der Waals surface area contributed by atoms with Gasteiger partial charge in [0.1, 0.15) is 18.4 Å². The molecule has 3 rings (SSSR count). The Morgan fingerprint density at radius 1 is 0.975 bits per heavy atom. The Balaban J connectivity index is 2.08. The maximum absolute atomic E-state index is 14.1. The van der Waals surface area contributed by atoms with E-state index in [1.54, 1.807) is 38.1 Å². The average molecular weight is 588 g/mol. The number of anilines is 1. The molecule has 0 unspecified atom stereocenters. The third-order valence-corrected chi connectivity index (χ3v) is 8.24. The zero-order valence-electron chi connectivity index (χ0n) is 23.3. The summed E-state index contributed by atoms with van der Waals surface area (Å²) in [5.41, 5.74) is 1.02. The largest absolute Gasteiger partial charge is 0.350 e. The van der Waals surface area contributed by atoms with Crippen LogP contribution < -0.4 is 9.62 Å². The summed E-state index contributed by atoms with van der Waals surface area (Å²) in [6.45, 7) is 8.47.